The summed E-state index contributed by atoms with van der Waals surface area (Å²) in [5, 5.41) is 0. The molecule has 1 aliphatic heterocycles. The minimum absolute atomic E-state index is 0.148. The van der Waals surface area contributed by atoms with Crippen molar-refractivity contribution < 1.29 is 28.5 Å². The first kappa shape index (κ1) is 20.0. The average molecular weight is 395 g/mol. The zero-order chi connectivity index (χ0) is 20.8. The summed E-state index contributed by atoms with van der Waals surface area (Å²) in [5.41, 5.74) is 1.60. The molecular formula is C22H21NO6. The van der Waals surface area contributed by atoms with Crippen LogP contribution in [0.25, 0.3) is 12.2 Å². The summed E-state index contributed by atoms with van der Waals surface area (Å²) >= 11 is 0. The van der Waals surface area contributed by atoms with Gasteiger partial charge in [0.15, 0.2) is 17.2 Å². The molecule has 0 atom stereocenters. The molecular weight excluding hydrogens is 374 g/mol. The molecule has 2 aromatic carbocycles. The average Bonchev–Trinajstić information content (AvgIpc) is 3.11. The van der Waals surface area contributed by atoms with Gasteiger partial charge in [-0.05, 0) is 24.3 Å². The molecule has 2 aromatic rings. The number of hydrogen-bond acceptors (Lipinski definition) is 7. The van der Waals surface area contributed by atoms with Gasteiger partial charge in [-0.3, -0.25) is 0 Å². The van der Waals surface area contributed by atoms with E-state index in [-0.39, 0.29) is 11.6 Å². The van der Waals surface area contributed by atoms with Gasteiger partial charge < -0.3 is 23.7 Å². The van der Waals surface area contributed by atoms with Crippen LogP contribution in [-0.4, -0.2) is 40.3 Å². The number of cyclic esters (lactones) is 1. The maximum Gasteiger partial charge on any atom is 0.363 e. The van der Waals surface area contributed by atoms with Crippen LogP contribution in [0.2, 0.25) is 0 Å². The Morgan fingerprint density at radius 3 is 2.14 bits per heavy atom. The second-order valence-electron chi connectivity index (χ2n) is 5.89. The highest BCUT2D eigenvalue weighted by molar-refractivity contribution is 6.11. The SMILES string of the molecule is COc1ccccc1/C=C/C1=NC(=C/c2cc(OC)c(OC)cc2OC)/C(=O)O1. The second kappa shape index (κ2) is 8.97. The van der Waals surface area contributed by atoms with E-state index >= 15 is 0 Å². The lowest BCUT2D eigenvalue weighted by molar-refractivity contribution is -0.129. The summed E-state index contributed by atoms with van der Waals surface area (Å²) in [7, 11) is 6.19. The predicted octanol–water partition coefficient (Wildman–Crippen LogP) is 3.73. The third-order valence-electron chi connectivity index (χ3n) is 4.21. The van der Waals surface area contributed by atoms with Gasteiger partial charge >= 0.3 is 5.97 Å². The molecule has 0 aromatic heterocycles. The molecule has 1 aliphatic rings. The third kappa shape index (κ3) is 4.40. The van der Waals surface area contributed by atoms with Crippen molar-refractivity contribution in [3.8, 4) is 23.0 Å². The van der Waals surface area contributed by atoms with Crippen LogP contribution in [0, 0.1) is 0 Å². The van der Waals surface area contributed by atoms with E-state index in [0.717, 1.165) is 5.56 Å². The predicted molar refractivity (Wildman–Crippen MR) is 110 cm³/mol. The number of carbonyl (C=O) groups is 1. The van der Waals surface area contributed by atoms with Crippen molar-refractivity contribution in [2.24, 2.45) is 4.99 Å². The van der Waals surface area contributed by atoms with Crippen molar-refractivity contribution in [3.63, 3.8) is 0 Å². The summed E-state index contributed by atoms with van der Waals surface area (Å²) in [6.45, 7) is 0. The summed E-state index contributed by atoms with van der Waals surface area (Å²) in [5.74, 6) is 1.87. The number of esters is 1. The molecule has 0 radical (unpaired) electrons. The zero-order valence-electron chi connectivity index (χ0n) is 16.6. The highest BCUT2D eigenvalue weighted by atomic mass is 16.6. The first-order chi connectivity index (χ1) is 14.1. The van der Waals surface area contributed by atoms with Crippen LogP contribution in [0.3, 0.4) is 0 Å². The minimum Gasteiger partial charge on any atom is -0.496 e. The molecule has 0 amide bonds. The highest BCUT2D eigenvalue weighted by Gasteiger charge is 2.22. The lowest BCUT2D eigenvalue weighted by atomic mass is 10.1. The first-order valence-electron chi connectivity index (χ1n) is 8.73. The summed E-state index contributed by atoms with van der Waals surface area (Å²) < 4.78 is 26.5. The normalized spacial score (nSPS) is 14.7. The molecule has 3 rings (SSSR count). The van der Waals surface area contributed by atoms with E-state index < -0.39 is 5.97 Å². The minimum atomic E-state index is -0.554. The summed E-state index contributed by atoms with van der Waals surface area (Å²) in [6, 6.07) is 10.9. The number of para-hydroxylation sites is 1. The molecule has 1 heterocycles. The van der Waals surface area contributed by atoms with Gasteiger partial charge in [0.05, 0.1) is 28.4 Å². The number of hydrogen-bond donors (Lipinski definition) is 0. The van der Waals surface area contributed by atoms with Crippen molar-refractivity contribution in [1.82, 2.24) is 0 Å². The Hall–Kier alpha value is -3.74. The monoisotopic (exact) mass is 395 g/mol. The third-order valence-corrected chi connectivity index (χ3v) is 4.21. The fourth-order valence-corrected chi connectivity index (χ4v) is 2.78. The molecule has 7 heteroatoms. The van der Waals surface area contributed by atoms with E-state index in [1.54, 1.807) is 37.5 Å². The van der Waals surface area contributed by atoms with E-state index in [2.05, 4.69) is 4.99 Å². The number of aliphatic imine (C=N–C) groups is 1. The molecule has 7 nitrogen and oxygen atoms in total. The van der Waals surface area contributed by atoms with Gasteiger partial charge in [-0.25, -0.2) is 9.79 Å². The zero-order valence-corrected chi connectivity index (χ0v) is 16.6. The molecule has 29 heavy (non-hydrogen) atoms. The standard InChI is InChI=1S/C22H21NO6/c1-25-17-8-6-5-7-14(17)9-10-21-23-16(22(24)29-21)11-15-12-19(27-3)20(28-4)13-18(15)26-2/h5-13H,1-4H3/b10-9+,16-11+. The molecule has 0 unspecified atom stereocenters. The Balaban J connectivity index is 1.92. The maximum atomic E-state index is 12.2. The molecule has 0 aliphatic carbocycles. The van der Waals surface area contributed by atoms with Crippen LogP contribution >= 0.6 is 0 Å². The molecule has 0 bridgehead atoms. The number of benzene rings is 2. The quantitative estimate of drug-likeness (QED) is 0.525. The van der Waals surface area contributed by atoms with Crippen LogP contribution in [0.15, 0.2) is 53.2 Å². The van der Waals surface area contributed by atoms with Crippen LogP contribution < -0.4 is 18.9 Å². The molecule has 0 N–H and O–H groups in total. The van der Waals surface area contributed by atoms with Gasteiger partial charge in [-0.1, -0.05) is 18.2 Å². The Morgan fingerprint density at radius 2 is 1.45 bits per heavy atom. The van der Waals surface area contributed by atoms with E-state index in [1.807, 2.05) is 24.3 Å². The Labute approximate surface area is 168 Å². The van der Waals surface area contributed by atoms with E-state index in [9.17, 15) is 4.79 Å². The van der Waals surface area contributed by atoms with Crippen molar-refractivity contribution >= 4 is 24.0 Å². The van der Waals surface area contributed by atoms with Crippen molar-refractivity contribution in [2.75, 3.05) is 28.4 Å². The highest BCUT2D eigenvalue weighted by Crippen LogP contribution is 2.36. The fraction of sp³-hybridized carbons (Fsp3) is 0.182. The largest absolute Gasteiger partial charge is 0.496 e. The Bertz CT molecular complexity index is 1010. The second-order valence-corrected chi connectivity index (χ2v) is 5.89. The topological polar surface area (TPSA) is 75.6 Å². The van der Waals surface area contributed by atoms with Gasteiger partial charge in [0.25, 0.3) is 0 Å². The van der Waals surface area contributed by atoms with Gasteiger partial charge in [0.1, 0.15) is 11.5 Å². The van der Waals surface area contributed by atoms with Crippen molar-refractivity contribution in [3.05, 3.63) is 59.3 Å². The van der Waals surface area contributed by atoms with Crippen LogP contribution in [-0.2, 0) is 9.53 Å². The van der Waals surface area contributed by atoms with Gasteiger partial charge in [0, 0.05) is 23.3 Å². The van der Waals surface area contributed by atoms with E-state index in [1.165, 1.54) is 21.3 Å². The Kier molecular flexibility index (Phi) is 6.19. The van der Waals surface area contributed by atoms with Crippen LogP contribution in [0.5, 0.6) is 23.0 Å². The van der Waals surface area contributed by atoms with E-state index in [4.69, 9.17) is 23.7 Å². The van der Waals surface area contributed by atoms with Crippen molar-refractivity contribution in [1.29, 1.82) is 0 Å². The van der Waals surface area contributed by atoms with Crippen LogP contribution in [0.1, 0.15) is 11.1 Å². The fourth-order valence-electron chi connectivity index (χ4n) is 2.78. The maximum absolute atomic E-state index is 12.2. The number of ether oxygens (including phenoxy) is 5. The number of carbonyl (C=O) groups excluding carboxylic acids is 1. The smallest absolute Gasteiger partial charge is 0.363 e. The van der Waals surface area contributed by atoms with Crippen LogP contribution in [0.4, 0.5) is 0 Å². The van der Waals surface area contributed by atoms with Gasteiger partial charge in [-0.2, -0.15) is 0 Å². The number of rotatable bonds is 7. The van der Waals surface area contributed by atoms with Crippen molar-refractivity contribution in [2.45, 2.75) is 0 Å². The molecule has 0 fully saturated rings. The molecule has 0 saturated carbocycles. The lowest BCUT2D eigenvalue weighted by Gasteiger charge is -2.12. The summed E-state index contributed by atoms with van der Waals surface area (Å²) in [4.78, 5) is 16.5. The van der Waals surface area contributed by atoms with Gasteiger partial charge in [0.2, 0.25) is 5.90 Å². The number of nitrogens with zero attached hydrogens (tertiary/aromatic N) is 1. The number of methoxy groups -OCH3 is 4. The molecule has 150 valence electrons. The Morgan fingerprint density at radius 1 is 0.793 bits per heavy atom. The van der Waals surface area contributed by atoms with E-state index in [0.29, 0.717) is 28.6 Å². The lowest BCUT2D eigenvalue weighted by Crippen LogP contribution is -2.01. The molecule has 0 spiro atoms. The first-order valence-corrected chi connectivity index (χ1v) is 8.73. The summed E-state index contributed by atoms with van der Waals surface area (Å²) in [6.07, 6.45) is 4.96. The molecule has 0 saturated heterocycles. The van der Waals surface area contributed by atoms with Gasteiger partial charge in [-0.15, -0.1) is 0 Å².